The molecule has 5 aromatic rings. The molecule has 0 unspecified atom stereocenters. The fraction of sp³-hybridized carbons (Fsp3) is 0. The van der Waals surface area contributed by atoms with Gasteiger partial charge in [0.2, 0.25) is 0 Å². The van der Waals surface area contributed by atoms with Crippen molar-refractivity contribution in [2.45, 2.75) is 0 Å². The van der Waals surface area contributed by atoms with Crippen molar-refractivity contribution >= 4 is 59.0 Å². The zero-order chi connectivity index (χ0) is 18.7. The Bertz CT molecular complexity index is 1490. The highest BCUT2D eigenvalue weighted by atomic mass is 79.9. The monoisotopic (exact) mass is 405 g/mol. The molecular formula is C23H8BrN3. The Labute approximate surface area is 162 Å². The van der Waals surface area contributed by atoms with Crippen molar-refractivity contribution in [3.8, 4) is 18.2 Å². The van der Waals surface area contributed by atoms with E-state index in [0.29, 0.717) is 22.1 Å². The highest BCUT2D eigenvalue weighted by Crippen LogP contribution is 2.44. The fourth-order valence-electron chi connectivity index (χ4n) is 4.13. The van der Waals surface area contributed by atoms with Crippen molar-refractivity contribution in [3.05, 3.63) is 69.7 Å². The van der Waals surface area contributed by atoms with Crippen molar-refractivity contribution < 1.29 is 0 Å². The maximum atomic E-state index is 9.58. The molecule has 0 saturated heterocycles. The van der Waals surface area contributed by atoms with Crippen LogP contribution in [0.4, 0.5) is 0 Å². The summed E-state index contributed by atoms with van der Waals surface area (Å²) in [5.74, 6) is 0. The topological polar surface area (TPSA) is 71.4 Å². The van der Waals surface area contributed by atoms with Crippen LogP contribution in [0.2, 0.25) is 0 Å². The lowest BCUT2D eigenvalue weighted by atomic mass is 9.86. The Morgan fingerprint density at radius 1 is 0.481 bits per heavy atom. The van der Waals surface area contributed by atoms with Crippen LogP contribution in [0.25, 0.3) is 43.1 Å². The molecule has 122 valence electrons. The van der Waals surface area contributed by atoms with E-state index in [9.17, 15) is 15.8 Å². The Kier molecular flexibility index (Phi) is 3.13. The van der Waals surface area contributed by atoms with E-state index in [0.717, 1.165) is 42.2 Å². The first-order chi connectivity index (χ1) is 13.2. The number of nitriles is 3. The smallest absolute Gasteiger partial charge is 0.0998 e. The van der Waals surface area contributed by atoms with Crippen molar-refractivity contribution in [2.24, 2.45) is 0 Å². The molecule has 0 saturated carbocycles. The lowest BCUT2D eigenvalue weighted by Crippen LogP contribution is -1.93. The van der Waals surface area contributed by atoms with Crippen molar-refractivity contribution in [2.75, 3.05) is 0 Å². The second-order valence-electron chi connectivity index (χ2n) is 6.41. The molecule has 27 heavy (non-hydrogen) atoms. The molecular weight excluding hydrogens is 398 g/mol. The third kappa shape index (κ3) is 1.87. The van der Waals surface area contributed by atoms with E-state index in [-0.39, 0.29) is 0 Å². The van der Waals surface area contributed by atoms with Crippen LogP contribution in [0.3, 0.4) is 0 Å². The average molecular weight is 406 g/mol. The quantitative estimate of drug-likeness (QED) is 0.230. The number of fused-ring (bicyclic) bond motifs is 2. The molecule has 0 aliphatic heterocycles. The Morgan fingerprint density at radius 2 is 0.852 bits per heavy atom. The summed E-state index contributed by atoms with van der Waals surface area (Å²) in [5, 5.41) is 36.2. The molecule has 0 spiro atoms. The van der Waals surface area contributed by atoms with Gasteiger partial charge in [-0.2, -0.15) is 15.8 Å². The molecule has 0 aliphatic rings. The number of hydrogen-bond donors (Lipinski definition) is 0. The Hall–Kier alpha value is -3.65. The van der Waals surface area contributed by atoms with Gasteiger partial charge in [-0.25, -0.2) is 0 Å². The molecule has 0 aliphatic carbocycles. The van der Waals surface area contributed by atoms with E-state index in [1.165, 1.54) is 0 Å². The largest absolute Gasteiger partial charge is 0.192 e. The molecule has 3 nitrogen and oxygen atoms in total. The van der Waals surface area contributed by atoms with Gasteiger partial charge in [0.15, 0.2) is 0 Å². The summed E-state index contributed by atoms with van der Waals surface area (Å²) in [5.41, 5.74) is 1.61. The maximum Gasteiger partial charge on any atom is 0.0998 e. The molecule has 0 aromatic heterocycles. The second-order valence-corrected chi connectivity index (χ2v) is 7.27. The van der Waals surface area contributed by atoms with Gasteiger partial charge in [-0.05, 0) is 51.2 Å². The SMILES string of the molecule is N#Cc1ccc2c3ccc(C#N)c4c(C#N)ccc(c5ccc(Br)c1c52)c43. The van der Waals surface area contributed by atoms with E-state index < -0.39 is 0 Å². The summed E-state index contributed by atoms with van der Waals surface area (Å²) in [6, 6.07) is 21.9. The second kappa shape index (κ2) is 5.42. The van der Waals surface area contributed by atoms with E-state index in [2.05, 4.69) is 34.1 Å². The lowest BCUT2D eigenvalue weighted by Gasteiger charge is -2.16. The molecule has 0 bridgehead atoms. The highest BCUT2D eigenvalue weighted by molar-refractivity contribution is 9.10. The standard InChI is InChI=1S/C23H8BrN3/c24-19-8-7-18-16-5-2-13(10-26)20-12(9-25)1-4-15(22(16)20)17-6-3-14(11-27)21(19)23(17)18/h1-8H. The van der Waals surface area contributed by atoms with Gasteiger partial charge < -0.3 is 0 Å². The predicted octanol–water partition coefficient (Wildman–Crippen LogP) is 6.11. The minimum Gasteiger partial charge on any atom is -0.192 e. The third-order valence-corrected chi connectivity index (χ3v) is 5.87. The molecule has 0 heterocycles. The van der Waals surface area contributed by atoms with Crippen LogP contribution < -0.4 is 0 Å². The van der Waals surface area contributed by atoms with Crippen LogP contribution >= 0.6 is 15.9 Å². The minimum absolute atomic E-state index is 0.498. The number of halogens is 1. The van der Waals surface area contributed by atoms with E-state index in [1.807, 2.05) is 36.4 Å². The summed E-state index contributed by atoms with van der Waals surface area (Å²) >= 11 is 3.60. The summed E-state index contributed by atoms with van der Waals surface area (Å²) in [6.07, 6.45) is 0. The molecule has 0 amide bonds. The summed E-state index contributed by atoms with van der Waals surface area (Å²) in [4.78, 5) is 0. The molecule has 5 rings (SSSR count). The van der Waals surface area contributed by atoms with Gasteiger partial charge in [0.1, 0.15) is 0 Å². The fourth-order valence-corrected chi connectivity index (χ4v) is 4.67. The van der Waals surface area contributed by atoms with Gasteiger partial charge in [0.25, 0.3) is 0 Å². The summed E-state index contributed by atoms with van der Waals surface area (Å²) < 4.78 is 0.877. The predicted molar refractivity (Wildman–Crippen MR) is 109 cm³/mol. The van der Waals surface area contributed by atoms with Gasteiger partial charge >= 0.3 is 0 Å². The molecule has 0 fully saturated rings. The summed E-state index contributed by atoms with van der Waals surface area (Å²) in [6.45, 7) is 0. The maximum absolute atomic E-state index is 9.58. The highest BCUT2D eigenvalue weighted by Gasteiger charge is 2.19. The van der Waals surface area contributed by atoms with Crippen LogP contribution in [0.5, 0.6) is 0 Å². The van der Waals surface area contributed by atoms with Crippen LogP contribution in [0.1, 0.15) is 16.7 Å². The van der Waals surface area contributed by atoms with E-state index in [1.54, 1.807) is 12.1 Å². The average Bonchev–Trinajstić information content (AvgIpc) is 2.72. The van der Waals surface area contributed by atoms with Gasteiger partial charge in [-0.15, -0.1) is 0 Å². The van der Waals surface area contributed by atoms with Gasteiger partial charge in [-0.3, -0.25) is 0 Å². The van der Waals surface area contributed by atoms with Crippen LogP contribution in [0.15, 0.2) is 53.0 Å². The zero-order valence-electron chi connectivity index (χ0n) is 13.8. The first kappa shape index (κ1) is 15.6. The molecule has 0 atom stereocenters. The van der Waals surface area contributed by atoms with E-state index in [4.69, 9.17) is 0 Å². The van der Waals surface area contributed by atoms with Gasteiger partial charge in [0, 0.05) is 20.6 Å². The van der Waals surface area contributed by atoms with Crippen LogP contribution in [-0.4, -0.2) is 0 Å². The normalized spacial score (nSPS) is 11.0. The molecule has 0 radical (unpaired) electrons. The van der Waals surface area contributed by atoms with Crippen molar-refractivity contribution in [1.82, 2.24) is 0 Å². The number of nitrogens with zero attached hydrogens (tertiary/aromatic N) is 3. The third-order valence-electron chi connectivity index (χ3n) is 5.21. The van der Waals surface area contributed by atoms with E-state index >= 15 is 0 Å². The molecule has 0 N–H and O–H groups in total. The number of hydrogen-bond acceptors (Lipinski definition) is 3. The first-order valence-corrected chi connectivity index (χ1v) is 9.05. The van der Waals surface area contributed by atoms with Crippen molar-refractivity contribution in [3.63, 3.8) is 0 Å². The Balaban J connectivity index is 2.23. The number of rotatable bonds is 0. The first-order valence-electron chi connectivity index (χ1n) is 8.25. The van der Waals surface area contributed by atoms with Crippen molar-refractivity contribution in [1.29, 1.82) is 15.8 Å². The summed E-state index contributed by atoms with van der Waals surface area (Å²) in [7, 11) is 0. The molecule has 4 heteroatoms. The Morgan fingerprint density at radius 3 is 1.30 bits per heavy atom. The van der Waals surface area contributed by atoms with Crippen LogP contribution in [-0.2, 0) is 0 Å². The lowest BCUT2D eigenvalue weighted by molar-refractivity contribution is 1.49. The molecule has 5 aromatic carbocycles. The van der Waals surface area contributed by atoms with Gasteiger partial charge in [-0.1, -0.05) is 40.2 Å². The zero-order valence-corrected chi connectivity index (χ0v) is 15.4. The van der Waals surface area contributed by atoms with Crippen LogP contribution in [0, 0.1) is 34.0 Å². The number of benzene rings is 5. The minimum atomic E-state index is 0.498. The van der Waals surface area contributed by atoms with Gasteiger partial charge in [0.05, 0.1) is 34.9 Å².